The number of nitrogens with zero attached hydrogens (tertiary/aromatic N) is 2. The Morgan fingerprint density at radius 2 is 1.03 bits per heavy atom. The number of amides is 4. The van der Waals surface area contributed by atoms with Crippen molar-refractivity contribution < 1.29 is 59.9 Å². The Kier molecular flexibility index (Phi) is 10.1. The minimum atomic E-state index is -5.05. The molecule has 0 bridgehead atoms. The van der Waals surface area contributed by atoms with E-state index in [-0.39, 0.29) is 62.5 Å². The van der Waals surface area contributed by atoms with Crippen molar-refractivity contribution >= 4 is 46.7 Å². The van der Waals surface area contributed by atoms with Crippen LogP contribution in [-0.2, 0) is 18.0 Å². The van der Waals surface area contributed by atoms with Gasteiger partial charge in [0.25, 0.3) is 23.6 Å². The predicted octanol–water partition coefficient (Wildman–Crippen LogP) is 9.41. The van der Waals surface area contributed by atoms with Gasteiger partial charge in [0.05, 0.1) is 33.5 Å². The molecule has 0 aromatic heterocycles. The molecule has 4 amide bonds. The van der Waals surface area contributed by atoms with Crippen molar-refractivity contribution in [2.24, 2.45) is 0 Å². The standard InChI is InChI=1S/C46H32F6N2O7/c1-22-14-25(15-39(57)28-17-26(23(2)55)16-27(18-28)24(3)56)6-10-32(22)33-13-9-31(21-38(33)45(47,48)49)54-42(60)35-12-8-30(20-37(35)43(54)61)44(4,46(50,51)52)29-7-11-34-36(19-29)41(59)53(5)40(34)58/h6-14,16-21H,15H2,1-5H3. The summed E-state index contributed by atoms with van der Waals surface area (Å²) in [5.41, 5.74) is -5.76. The van der Waals surface area contributed by atoms with Crippen LogP contribution in [0.3, 0.4) is 0 Å². The predicted molar refractivity (Wildman–Crippen MR) is 209 cm³/mol. The Morgan fingerprint density at radius 1 is 0.557 bits per heavy atom. The van der Waals surface area contributed by atoms with Gasteiger partial charge in [-0.25, -0.2) is 4.90 Å². The molecular weight excluding hydrogens is 807 g/mol. The summed E-state index contributed by atoms with van der Waals surface area (Å²) in [5, 5.41) is 0. The highest BCUT2D eigenvalue weighted by Gasteiger charge is 2.55. The molecule has 1 atom stereocenters. The third-order valence-corrected chi connectivity index (χ3v) is 11.3. The van der Waals surface area contributed by atoms with Gasteiger partial charge in [-0.2, -0.15) is 26.3 Å². The zero-order valence-corrected chi connectivity index (χ0v) is 32.9. The molecule has 0 saturated heterocycles. The van der Waals surface area contributed by atoms with Crippen molar-refractivity contribution in [2.75, 3.05) is 11.9 Å². The Bertz CT molecular complexity index is 2790. The molecule has 7 rings (SSSR count). The lowest BCUT2D eigenvalue weighted by atomic mass is 9.74. The second-order valence-corrected chi connectivity index (χ2v) is 15.1. The number of carbonyl (C=O) groups excluding carboxylic acids is 7. The normalized spacial score (nSPS) is 14.9. The number of anilines is 1. The molecule has 0 spiro atoms. The van der Waals surface area contributed by atoms with Gasteiger partial charge in [-0.05, 0) is 116 Å². The maximum absolute atomic E-state index is 15.1. The van der Waals surface area contributed by atoms with Gasteiger partial charge in [-0.1, -0.05) is 36.4 Å². The van der Waals surface area contributed by atoms with E-state index in [9.17, 15) is 46.7 Å². The van der Waals surface area contributed by atoms with Crippen molar-refractivity contribution in [1.29, 1.82) is 0 Å². The molecule has 0 N–H and O–H groups in total. The Labute approximate surface area is 343 Å². The number of hydrogen-bond donors (Lipinski definition) is 0. The largest absolute Gasteiger partial charge is 0.417 e. The molecule has 9 nitrogen and oxygen atoms in total. The first-order valence-electron chi connectivity index (χ1n) is 18.5. The van der Waals surface area contributed by atoms with E-state index in [0.717, 1.165) is 60.4 Å². The third-order valence-electron chi connectivity index (χ3n) is 11.3. The summed E-state index contributed by atoms with van der Waals surface area (Å²) in [4.78, 5) is 91.1. The van der Waals surface area contributed by atoms with Crippen LogP contribution in [0.1, 0.15) is 121 Å². The summed E-state index contributed by atoms with van der Waals surface area (Å²) in [6, 6.07) is 17.1. The molecule has 0 aliphatic carbocycles. The van der Waals surface area contributed by atoms with Gasteiger partial charge in [0.2, 0.25) is 0 Å². The molecule has 0 radical (unpaired) electrons. The lowest BCUT2D eigenvalue weighted by Crippen LogP contribution is -2.41. The van der Waals surface area contributed by atoms with Crippen LogP contribution in [0.5, 0.6) is 0 Å². The van der Waals surface area contributed by atoms with E-state index in [1.807, 2.05) is 0 Å². The van der Waals surface area contributed by atoms with Crippen LogP contribution in [0.2, 0.25) is 0 Å². The van der Waals surface area contributed by atoms with Crippen molar-refractivity contribution in [2.45, 2.75) is 51.9 Å². The minimum Gasteiger partial charge on any atom is -0.295 e. The van der Waals surface area contributed by atoms with Gasteiger partial charge in [-0.15, -0.1) is 0 Å². The number of benzene rings is 5. The number of rotatable bonds is 9. The lowest BCUT2D eigenvalue weighted by molar-refractivity contribution is -0.173. The summed E-state index contributed by atoms with van der Waals surface area (Å²) >= 11 is 0. The maximum Gasteiger partial charge on any atom is 0.417 e. The highest BCUT2D eigenvalue weighted by atomic mass is 19.4. The van der Waals surface area contributed by atoms with Gasteiger partial charge in [0.1, 0.15) is 5.41 Å². The number of aryl methyl sites for hydroxylation is 1. The topological polar surface area (TPSA) is 126 Å². The second kappa shape index (κ2) is 14.6. The molecule has 0 fully saturated rings. The van der Waals surface area contributed by atoms with E-state index in [1.54, 1.807) is 0 Å². The Morgan fingerprint density at radius 3 is 1.56 bits per heavy atom. The Hall–Kier alpha value is -7.03. The fourth-order valence-electron chi connectivity index (χ4n) is 7.71. The van der Waals surface area contributed by atoms with Gasteiger partial charge in [0.15, 0.2) is 17.3 Å². The molecule has 15 heteroatoms. The summed E-state index contributed by atoms with van der Waals surface area (Å²) < 4.78 is 89.5. The average Bonchev–Trinajstić information content (AvgIpc) is 3.58. The van der Waals surface area contributed by atoms with Crippen LogP contribution in [0, 0.1) is 6.92 Å². The molecule has 310 valence electrons. The van der Waals surface area contributed by atoms with Gasteiger partial charge < -0.3 is 0 Å². The van der Waals surface area contributed by atoms with Crippen molar-refractivity contribution in [1.82, 2.24) is 4.90 Å². The number of hydrogen-bond acceptors (Lipinski definition) is 7. The van der Waals surface area contributed by atoms with Crippen molar-refractivity contribution in [3.05, 3.63) is 158 Å². The molecule has 5 aromatic carbocycles. The number of ketones is 3. The Balaban J connectivity index is 1.21. The monoisotopic (exact) mass is 838 g/mol. The van der Waals surface area contributed by atoms with E-state index < -0.39 is 75.1 Å². The zero-order valence-electron chi connectivity index (χ0n) is 32.9. The van der Waals surface area contributed by atoms with Crippen LogP contribution in [-0.4, -0.2) is 59.1 Å². The van der Waals surface area contributed by atoms with Crippen LogP contribution in [0.25, 0.3) is 11.1 Å². The van der Waals surface area contributed by atoms with Gasteiger partial charge in [0, 0.05) is 30.2 Å². The third kappa shape index (κ3) is 7.02. The summed E-state index contributed by atoms with van der Waals surface area (Å²) in [6.45, 7) is 4.91. The minimum absolute atomic E-state index is 0.0883. The van der Waals surface area contributed by atoms with E-state index in [1.165, 1.54) is 64.2 Å². The average molecular weight is 839 g/mol. The first-order valence-corrected chi connectivity index (χ1v) is 18.5. The summed E-state index contributed by atoms with van der Waals surface area (Å²) in [5.74, 6) is -4.89. The first-order chi connectivity index (χ1) is 28.4. The quantitative estimate of drug-likeness (QED) is 0.0823. The molecular formula is C46H32F6N2O7. The van der Waals surface area contributed by atoms with E-state index in [2.05, 4.69) is 0 Å². The van der Waals surface area contributed by atoms with Crippen LogP contribution in [0.15, 0.2) is 91.0 Å². The van der Waals surface area contributed by atoms with Crippen LogP contribution >= 0.6 is 0 Å². The molecule has 2 aliphatic heterocycles. The number of fused-ring (bicyclic) bond motifs is 2. The van der Waals surface area contributed by atoms with E-state index in [4.69, 9.17) is 0 Å². The van der Waals surface area contributed by atoms with E-state index >= 15 is 13.2 Å². The van der Waals surface area contributed by atoms with Crippen LogP contribution < -0.4 is 4.90 Å². The molecule has 0 saturated carbocycles. The van der Waals surface area contributed by atoms with Crippen LogP contribution in [0.4, 0.5) is 32.0 Å². The lowest BCUT2D eigenvalue weighted by Gasteiger charge is -2.33. The molecule has 2 aliphatic rings. The fraction of sp³-hybridized carbons (Fsp3) is 0.196. The van der Waals surface area contributed by atoms with Gasteiger partial charge >= 0.3 is 12.4 Å². The molecule has 2 heterocycles. The zero-order chi connectivity index (χ0) is 44.7. The highest BCUT2D eigenvalue weighted by molar-refractivity contribution is 6.34. The first kappa shape index (κ1) is 42.1. The number of halogens is 6. The summed E-state index contributed by atoms with van der Waals surface area (Å²) in [7, 11) is 1.19. The van der Waals surface area contributed by atoms with Gasteiger partial charge in [-0.3, -0.25) is 38.5 Å². The number of imide groups is 2. The number of Topliss-reactive ketones (excluding diaryl/α,β-unsaturated/α-hetero) is 3. The number of carbonyl (C=O) groups is 7. The maximum atomic E-state index is 15.1. The van der Waals surface area contributed by atoms with E-state index in [0.29, 0.717) is 22.1 Å². The fourth-order valence-corrected chi connectivity index (χ4v) is 7.71. The second-order valence-electron chi connectivity index (χ2n) is 15.1. The summed E-state index contributed by atoms with van der Waals surface area (Å²) in [6.07, 6.45) is -10.3. The molecule has 1 unspecified atom stereocenters. The smallest absolute Gasteiger partial charge is 0.295 e. The van der Waals surface area contributed by atoms with Crippen molar-refractivity contribution in [3.63, 3.8) is 0 Å². The SMILES string of the molecule is CC(=O)c1cc(C(C)=O)cc(C(=O)Cc2ccc(-c3ccc(N4C(=O)c5ccc(C(C)(c6ccc7c(c6)C(=O)N(C)C7=O)C(F)(F)F)cc5C4=O)cc3C(F)(F)F)c(C)c2)c1. The molecule has 61 heavy (non-hydrogen) atoms. The van der Waals surface area contributed by atoms with Crippen molar-refractivity contribution in [3.8, 4) is 11.1 Å². The molecule has 5 aromatic rings. The number of alkyl halides is 6. The highest BCUT2D eigenvalue weighted by Crippen LogP contribution is 2.48.